The number of hydrogen-bond donors (Lipinski definition) is 2. The zero-order chi connectivity index (χ0) is 21.6. The summed E-state index contributed by atoms with van der Waals surface area (Å²) in [6.45, 7) is 1.79. The van der Waals surface area contributed by atoms with Crippen LogP contribution in [0.1, 0.15) is 22.8 Å². The maximum Gasteiger partial charge on any atom is 0.340 e. The second kappa shape index (κ2) is 9.97. The Hall–Kier alpha value is -3.01. The molecule has 2 aromatic carbocycles. The monoisotopic (exact) mass is 405 g/mol. The third kappa shape index (κ3) is 5.98. The van der Waals surface area contributed by atoms with Crippen molar-refractivity contribution in [1.82, 2.24) is 4.90 Å². The summed E-state index contributed by atoms with van der Waals surface area (Å²) in [5, 5.41) is 19.2. The first-order chi connectivity index (χ1) is 13.7. The second-order valence-electron chi connectivity index (χ2n) is 6.55. The van der Waals surface area contributed by atoms with Crippen LogP contribution >= 0.6 is 0 Å². The molecule has 0 aliphatic rings. The number of ether oxygens (including phenoxy) is 1. The lowest BCUT2D eigenvalue weighted by molar-refractivity contribution is -0.991. The first-order valence-corrected chi connectivity index (χ1v) is 8.97. The fourth-order valence-electron chi connectivity index (χ4n) is 2.75. The maximum atomic E-state index is 13.3. The number of likely N-dealkylation sites (N-methyl/N-ethyl adjacent to an activating group) is 1. The number of anilines is 1. The molecular weight excluding hydrogens is 381 g/mol. The van der Waals surface area contributed by atoms with Crippen molar-refractivity contribution in [2.45, 2.75) is 13.5 Å². The summed E-state index contributed by atoms with van der Waals surface area (Å²) in [7, 11) is 3.41. The number of benzene rings is 2. The summed E-state index contributed by atoms with van der Waals surface area (Å²) in [5.74, 6) is -1.63. The van der Waals surface area contributed by atoms with Crippen LogP contribution in [0.2, 0.25) is 0 Å². The highest BCUT2D eigenvalue weighted by atomic mass is 19.1. The summed E-state index contributed by atoms with van der Waals surface area (Å²) in [4.78, 5) is 28.0. The van der Waals surface area contributed by atoms with Gasteiger partial charge in [0.1, 0.15) is 5.82 Å². The van der Waals surface area contributed by atoms with Crippen molar-refractivity contribution in [2.75, 3.05) is 32.1 Å². The molecule has 1 atom stereocenters. The standard InChI is InChI=1S/C20H24FN3O5/c1-4-23(12-14-6-5-7-15(21)10-14)19(25)13-29-20(26)17-11-16(24(27)28)8-9-18(17)22(2)3/h5-11,24,27H,4,12-13H2,1-3H3. The molecule has 1 unspecified atom stereocenters. The van der Waals surface area contributed by atoms with Crippen molar-refractivity contribution < 1.29 is 29.2 Å². The molecule has 9 heteroatoms. The number of nitrogens with one attached hydrogen (secondary N) is 1. The topological polar surface area (TPSA) is 97.6 Å². The Morgan fingerprint density at radius 1 is 1.21 bits per heavy atom. The number of quaternary nitrogens is 1. The number of halogens is 1. The molecule has 2 N–H and O–H groups in total. The van der Waals surface area contributed by atoms with Crippen LogP contribution in [0, 0.1) is 11.0 Å². The zero-order valence-corrected chi connectivity index (χ0v) is 16.5. The molecule has 8 nitrogen and oxygen atoms in total. The minimum absolute atomic E-state index is 0.0517. The van der Waals surface area contributed by atoms with Gasteiger partial charge in [-0.2, -0.15) is 5.23 Å². The van der Waals surface area contributed by atoms with Crippen molar-refractivity contribution in [3.63, 3.8) is 0 Å². The van der Waals surface area contributed by atoms with Gasteiger partial charge in [-0.25, -0.2) is 14.4 Å². The van der Waals surface area contributed by atoms with Crippen LogP contribution in [-0.4, -0.2) is 49.2 Å². The lowest BCUT2D eigenvalue weighted by atomic mass is 10.1. The SMILES string of the molecule is CCN(Cc1cccc(F)c1)C(=O)COC(=O)c1cc([NH+]([O-])O)ccc1N(C)C. The third-order valence-corrected chi connectivity index (χ3v) is 4.27. The first kappa shape index (κ1) is 22.3. The molecule has 0 saturated carbocycles. The van der Waals surface area contributed by atoms with E-state index < -0.39 is 29.5 Å². The number of carbonyl (C=O) groups excluding carboxylic acids is 2. The lowest BCUT2D eigenvalue weighted by Crippen LogP contribution is -2.99. The van der Waals surface area contributed by atoms with E-state index in [9.17, 15) is 19.2 Å². The van der Waals surface area contributed by atoms with Crippen LogP contribution in [0.15, 0.2) is 42.5 Å². The number of nitrogens with zero attached hydrogens (tertiary/aromatic N) is 2. The predicted octanol–water partition coefficient (Wildman–Crippen LogP) is 1.50. The minimum Gasteiger partial charge on any atom is -0.595 e. The van der Waals surface area contributed by atoms with Crippen molar-refractivity contribution in [3.05, 3.63) is 64.6 Å². The molecule has 1 amide bonds. The normalized spacial score (nSPS) is 11.7. The van der Waals surface area contributed by atoms with Crippen molar-refractivity contribution in [3.8, 4) is 0 Å². The first-order valence-electron chi connectivity index (χ1n) is 8.97. The zero-order valence-electron chi connectivity index (χ0n) is 16.5. The molecule has 2 aromatic rings. The van der Waals surface area contributed by atoms with E-state index in [1.165, 1.54) is 35.2 Å². The van der Waals surface area contributed by atoms with Gasteiger partial charge in [0.05, 0.1) is 11.3 Å². The lowest BCUT2D eigenvalue weighted by Gasteiger charge is -2.22. The van der Waals surface area contributed by atoms with E-state index in [4.69, 9.17) is 9.94 Å². The molecule has 0 aliphatic heterocycles. The Bertz CT molecular complexity index is 873. The summed E-state index contributed by atoms with van der Waals surface area (Å²) >= 11 is 0. The molecule has 2 rings (SSSR count). The fraction of sp³-hybridized carbons (Fsp3) is 0.300. The van der Waals surface area contributed by atoms with Gasteiger partial charge in [-0.05, 0) is 30.7 Å². The molecule has 0 spiro atoms. The molecular formula is C20H24FN3O5. The van der Waals surface area contributed by atoms with Crippen molar-refractivity contribution in [2.24, 2.45) is 0 Å². The fourth-order valence-corrected chi connectivity index (χ4v) is 2.75. The highest BCUT2D eigenvalue weighted by Gasteiger charge is 2.20. The minimum atomic E-state index is -1.17. The van der Waals surface area contributed by atoms with E-state index in [-0.39, 0.29) is 17.8 Å². The summed E-state index contributed by atoms with van der Waals surface area (Å²) in [6.07, 6.45) is 0. The van der Waals surface area contributed by atoms with Gasteiger partial charge in [0.2, 0.25) is 0 Å². The number of amides is 1. The van der Waals surface area contributed by atoms with E-state index in [0.29, 0.717) is 17.8 Å². The van der Waals surface area contributed by atoms with Crippen LogP contribution in [-0.2, 0) is 16.1 Å². The number of carbonyl (C=O) groups is 2. The van der Waals surface area contributed by atoms with Gasteiger partial charge in [-0.15, -0.1) is 0 Å². The summed E-state index contributed by atoms with van der Waals surface area (Å²) < 4.78 is 18.5. The second-order valence-corrected chi connectivity index (χ2v) is 6.55. The van der Waals surface area contributed by atoms with E-state index in [1.807, 2.05) is 0 Å². The number of hydrogen-bond acceptors (Lipinski definition) is 6. The van der Waals surface area contributed by atoms with Gasteiger partial charge in [0.25, 0.3) is 5.91 Å². The molecule has 29 heavy (non-hydrogen) atoms. The Kier molecular flexibility index (Phi) is 7.66. The average Bonchev–Trinajstić information content (AvgIpc) is 2.69. The van der Waals surface area contributed by atoms with Crippen LogP contribution in [0.5, 0.6) is 0 Å². The molecule has 0 fully saturated rings. The Morgan fingerprint density at radius 2 is 1.93 bits per heavy atom. The van der Waals surface area contributed by atoms with E-state index >= 15 is 0 Å². The molecule has 0 aliphatic carbocycles. The van der Waals surface area contributed by atoms with E-state index in [2.05, 4.69) is 0 Å². The molecule has 0 bridgehead atoms. The van der Waals surface area contributed by atoms with Crippen LogP contribution in [0.3, 0.4) is 0 Å². The van der Waals surface area contributed by atoms with E-state index in [1.54, 1.807) is 38.1 Å². The van der Waals surface area contributed by atoms with Crippen LogP contribution < -0.4 is 10.1 Å². The van der Waals surface area contributed by atoms with Gasteiger partial charge >= 0.3 is 5.97 Å². The van der Waals surface area contributed by atoms with Crippen LogP contribution in [0.25, 0.3) is 0 Å². The van der Waals surface area contributed by atoms with Gasteiger partial charge in [-0.3, -0.25) is 4.79 Å². The predicted molar refractivity (Wildman–Crippen MR) is 104 cm³/mol. The molecule has 0 aromatic heterocycles. The summed E-state index contributed by atoms with van der Waals surface area (Å²) in [6, 6.07) is 10.0. The van der Waals surface area contributed by atoms with Crippen LogP contribution in [0.4, 0.5) is 15.8 Å². The van der Waals surface area contributed by atoms with Gasteiger partial charge in [0, 0.05) is 39.3 Å². The number of esters is 1. The Labute approximate surface area is 168 Å². The smallest absolute Gasteiger partial charge is 0.340 e. The molecule has 0 radical (unpaired) electrons. The summed E-state index contributed by atoms with van der Waals surface area (Å²) in [5.41, 5.74) is 1.08. The highest BCUT2D eigenvalue weighted by molar-refractivity contribution is 5.97. The molecule has 156 valence electrons. The van der Waals surface area contributed by atoms with E-state index in [0.717, 1.165) is 0 Å². The Morgan fingerprint density at radius 3 is 2.52 bits per heavy atom. The average molecular weight is 405 g/mol. The third-order valence-electron chi connectivity index (χ3n) is 4.27. The largest absolute Gasteiger partial charge is 0.595 e. The van der Waals surface area contributed by atoms with Crippen molar-refractivity contribution >= 4 is 23.3 Å². The van der Waals surface area contributed by atoms with Gasteiger partial charge < -0.3 is 19.7 Å². The number of rotatable bonds is 8. The highest BCUT2D eigenvalue weighted by Crippen LogP contribution is 2.22. The quantitative estimate of drug-likeness (QED) is 0.510. The van der Waals surface area contributed by atoms with Gasteiger partial charge in [-0.1, -0.05) is 12.1 Å². The Balaban J connectivity index is 2.08. The maximum absolute atomic E-state index is 13.3. The molecule has 0 heterocycles. The molecule has 0 saturated heterocycles. The van der Waals surface area contributed by atoms with Gasteiger partial charge in [0.15, 0.2) is 12.3 Å². The van der Waals surface area contributed by atoms with Crippen molar-refractivity contribution in [1.29, 1.82) is 0 Å².